The molecule has 2 aliphatic heterocycles. The molecule has 2 N–H and O–H groups in total. The standard InChI is InChI=1S/C10H20N2O4S/c13-17(14,8-10-2-1-4-16-10)12-6-9-7-15-5-3-11-9/h9-12H,1-8H2. The molecular weight excluding hydrogens is 244 g/mol. The van der Waals surface area contributed by atoms with Gasteiger partial charge in [0, 0.05) is 25.7 Å². The summed E-state index contributed by atoms with van der Waals surface area (Å²) in [6.07, 6.45) is 1.66. The summed E-state index contributed by atoms with van der Waals surface area (Å²) in [6, 6.07) is 0.0722. The molecule has 2 rings (SSSR count). The van der Waals surface area contributed by atoms with E-state index in [9.17, 15) is 8.42 Å². The molecule has 0 spiro atoms. The van der Waals surface area contributed by atoms with E-state index >= 15 is 0 Å². The molecule has 7 heteroatoms. The Hall–Kier alpha value is -0.210. The molecule has 0 aromatic carbocycles. The second-order valence-corrected chi connectivity index (χ2v) is 6.34. The number of morpholine rings is 1. The molecule has 0 aliphatic carbocycles. The van der Waals surface area contributed by atoms with Crippen LogP contribution in [0.3, 0.4) is 0 Å². The van der Waals surface area contributed by atoms with Crippen LogP contribution >= 0.6 is 0 Å². The monoisotopic (exact) mass is 264 g/mol. The molecule has 0 aromatic rings. The van der Waals surface area contributed by atoms with Gasteiger partial charge in [0.05, 0.1) is 25.1 Å². The highest BCUT2D eigenvalue weighted by Gasteiger charge is 2.24. The van der Waals surface area contributed by atoms with Gasteiger partial charge < -0.3 is 14.8 Å². The van der Waals surface area contributed by atoms with Crippen molar-refractivity contribution in [3.63, 3.8) is 0 Å². The van der Waals surface area contributed by atoms with E-state index in [1.54, 1.807) is 0 Å². The maximum atomic E-state index is 11.8. The van der Waals surface area contributed by atoms with E-state index in [1.165, 1.54) is 0 Å². The van der Waals surface area contributed by atoms with Crippen molar-refractivity contribution in [2.45, 2.75) is 25.0 Å². The molecular formula is C10H20N2O4S. The fourth-order valence-electron chi connectivity index (χ4n) is 2.06. The highest BCUT2D eigenvalue weighted by molar-refractivity contribution is 7.89. The third-order valence-corrected chi connectivity index (χ3v) is 4.39. The van der Waals surface area contributed by atoms with Crippen LogP contribution in [0.1, 0.15) is 12.8 Å². The van der Waals surface area contributed by atoms with E-state index in [2.05, 4.69) is 10.0 Å². The molecule has 2 atom stereocenters. The van der Waals surface area contributed by atoms with Crippen molar-refractivity contribution in [1.82, 2.24) is 10.0 Å². The van der Waals surface area contributed by atoms with Crippen molar-refractivity contribution < 1.29 is 17.9 Å². The summed E-state index contributed by atoms with van der Waals surface area (Å²) in [5.41, 5.74) is 0. The summed E-state index contributed by atoms with van der Waals surface area (Å²) >= 11 is 0. The van der Waals surface area contributed by atoms with Gasteiger partial charge in [-0.15, -0.1) is 0 Å². The van der Waals surface area contributed by atoms with Gasteiger partial charge in [-0.05, 0) is 12.8 Å². The van der Waals surface area contributed by atoms with Gasteiger partial charge in [-0.25, -0.2) is 13.1 Å². The number of nitrogens with one attached hydrogen (secondary N) is 2. The maximum Gasteiger partial charge on any atom is 0.214 e. The lowest BCUT2D eigenvalue weighted by Crippen LogP contribution is -2.49. The highest BCUT2D eigenvalue weighted by atomic mass is 32.2. The first kappa shape index (κ1) is 13.2. The maximum absolute atomic E-state index is 11.8. The van der Waals surface area contributed by atoms with E-state index in [-0.39, 0.29) is 17.9 Å². The summed E-state index contributed by atoms with van der Waals surface area (Å²) in [6.45, 7) is 3.09. The van der Waals surface area contributed by atoms with Gasteiger partial charge in [0.1, 0.15) is 0 Å². The number of sulfonamides is 1. The third kappa shape index (κ3) is 4.51. The van der Waals surface area contributed by atoms with Crippen molar-refractivity contribution in [2.24, 2.45) is 0 Å². The summed E-state index contributed by atoms with van der Waals surface area (Å²) in [4.78, 5) is 0. The lowest BCUT2D eigenvalue weighted by molar-refractivity contribution is 0.0783. The van der Waals surface area contributed by atoms with Crippen LogP contribution in [0.2, 0.25) is 0 Å². The van der Waals surface area contributed by atoms with Crippen LogP contribution < -0.4 is 10.0 Å². The van der Waals surface area contributed by atoms with E-state index < -0.39 is 10.0 Å². The first-order valence-electron chi connectivity index (χ1n) is 6.06. The van der Waals surface area contributed by atoms with Crippen molar-refractivity contribution >= 4 is 10.0 Å². The Morgan fingerprint density at radius 3 is 2.88 bits per heavy atom. The Balaban J connectivity index is 1.72. The zero-order chi connectivity index (χ0) is 12.1. The van der Waals surface area contributed by atoms with Crippen molar-refractivity contribution in [3.05, 3.63) is 0 Å². The molecule has 0 aromatic heterocycles. The lowest BCUT2D eigenvalue weighted by Gasteiger charge is -2.24. The Labute approximate surface area is 102 Å². The highest BCUT2D eigenvalue weighted by Crippen LogP contribution is 2.13. The van der Waals surface area contributed by atoms with E-state index in [1.807, 2.05) is 0 Å². The molecule has 2 heterocycles. The first-order valence-corrected chi connectivity index (χ1v) is 7.71. The van der Waals surface area contributed by atoms with E-state index in [4.69, 9.17) is 9.47 Å². The van der Waals surface area contributed by atoms with Gasteiger partial charge in [0.15, 0.2) is 0 Å². The van der Waals surface area contributed by atoms with Crippen molar-refractivity contribution in [3.8, 4) is 0 Å². The normalized spacial score (nSPS) is 30.6. The molecule has 6 nitrogen and oxygen atoms in total. The SMILES string of the molecule is O=S(=O)(CC1CCCO1)NCC1COCCN1. The van der Waals surface area contributed by atoms with Crippen LogP contribution in [0.25, 0.3) is 0 Å². The summed E-state index contributed by atoms with van der Waals surface area (Å²) < 4.78 is 36.7. The van der Waals surface area contributed by atoms with Crippen LogP contribution in [0.5, 0.6) is 0 Å². The van der Waals surface area contributed by atoms with Crippen LogP contribution in [0.15, 0.2) is 0 Å². The van der Waals surface area contributed by atoms with Crippen LogP contribution in [0.4, 0.5) is 0 Å². The molecule has 0 radical (unpaired) electrons. The van der Waals surface area contributed by atoms with Gasteiger partial charge in [-0.3, -0.25) is 0 Å². The van der Waals surface area contributed by atoms with Gasteiger partial charge in [-0.2, -0.15) is 0 Å². The zero-order valence-electron chi connectivity index (χ0n) is 9.85. The minimum absolute atomic E-state index is 0.0700. The van der Waals surface area contributed by atoms with Crippen molar-refractivity contribution in [1.29, 1.82) is 0 Å². The number of ether oxygens (including phenoxy) is 2. The Kier molecular flexibility index (Phi) is 4.75. The minimum atomic E-state index is -3.23. The summed E-state index contributed by atoms with van der Waals surface area (Å²) in [7, 11) is -3.23. The smallest absolute Gasteiger partial charge is 0.214 e. The Bertz CT molecular complexity index is 321. The van der Waals surface area contributed by atoms with Gasteiger partial charge >= 0.3 is 0 Å². The van der Waals surface area contributed by atoms with E-state index in [0.717, 1.165) is 19.4 Å². The average molecular weight is 264 g/mol. The first-order chi connectivity index (χ1) is 8.16. The third-order valence-electron chi connectivity index (χ3n) is 2.98. The van der Waals surface area contributed by atoms with Crippen LogP contribution in [-0.4, -0.2) is 59.2 Å². The number of rotatable bonds is 5. The molecule has 2 unspecified atom stereocenters. The molecule has 2 saturated heterocycles. The molecule has 2 aliphatic rings. The molecule has 0 saturated carbocycles. The predicted molar refractivity (Wildman–Crippen MR) is 63.4 cm³/mol. The van der Waals surface area contributed by atoms with Gasteiger partial charge in [0.2, 0.25) is 10.0 Å². The predicted octanol–water partition coefficient (Wildman–Crippen LogP) is -0.927. The van der Waals surface area contributed by atoms with E-state index in [0.29, 0.717) is 26.4 Å². The molecule has 0 amide bonds. The lowest BCUT2D eigenvalue weighted by atomic mass is 10.3. The topological polar surface area (TPSA) is 76.7 Å². The molecule has 0 bridgehead atoms. The fraction of sp³-hybridized carbons (Fsp3) is 1.00. The second-order valence-electron chi connectivity index (χ2n) is 4.49. The minimum Gasteiger partial charge on any atom is -0.378 e. The zero-order valence-corrected chi connectivity index (χ0v) is 10.7. The second kappa shape index (κ2) is 6.10. The van der Waals surface area contributed by atoms with Crippen LogP contribution in [-0.2, 0) is 19.5 Å². The molecule has 17 heavy (non-hydrogen) atoms. The largest absolute Gasteiger partial charge is 0.378 e. The van der Waals surface area contributed by atoms with Crippen LogP contribution in [0, 0.1) is 0 Å². The van der Waals surface area contributed by atoms with Gasteiger partial charge in [0.25, 0.3) is 0 Å². The fourth-order valence-corrected chi connectivity index (χ4v) is 3.38. The molecule has 100 valence electrons. The Morgan fingerprint density at radius 2 is 2.24 bits per heavy atom. The molecule has 2 fully saturated rings. The van der Waals surface area contributed by atoms with Crippen molar-refractivity contribution in [2.75, 3.05) is 38.7 Å². The summed E-state index contributed by atoms with van der Waals surface area (Å²) in [5.74, 6) is 0.0700. The quantitative estimate of drug-likeness (QED) is 0.671. The Morgan fingerprint density at radius 1 is 1.35 bits per heavy atom. The number of hydrogen-bond acceptors (Lipinski definition) is 5. The average Bonchev–Trinajstić information content (AvgIpc) is 2.80. The number of hydrogen-bond donors (Lipinski definition) is 2. The summed E-state index contributed by atoms with van der Waals surface area (Å²) in [5, 5.41) is 3.20. The van der Waals surface area contributed by atoms with Gasteiger partial charge in [-0.1, -0.05) is 0 Å².